The van der Waals surface area contributed by atoms with E-state index >= 15 is 0 Å². The first-order chi connectivity index (χ1) is 12.7. The zero-order chi connectivity index (χ0) is 20.4. The zero-order valence-corrected chi connectivity index (χ0v) is 16.1. The van der Waals surface area contributed by atoms with Gasteiger partial charge >= 0.3 is 10.2 Å². The van der Waals surface area contributed by atoms with Gasteiger partial charge in [0.25, 0.3) is 0 Å². The SMILES string of the molecule is Cl.NCC1(O)COC1.[N-]=[N+]=NCC1(O)COC1.[N-]=[N+]=NS(=O)(=O)n1ccnc1. The summed E-state index contributed by atoms with van der Waals surface area (Å²) in [6.07, 6.45) is 3.47. The standard InChI is InChI=1S/C4H7N3O2.C4H9NO2.C3H3N5O2S.ClH/c5-7-6-1-4(8)2-9-3-4;5-1-4(6)2-7-3-4;4-6-7-11(9,10)8-2-1-5-3-8;/h8H,1-3H2;6H,1-3,5H2;1-3H;1H. The summed E-state index contributed by atoms with van der Waals surface area (Å²) in [6.45, 7) is 1.81. The van der Waals surface area contributed by atoms with Crippen LogP contribution >= 0.6 is 12.4 Å². The molecule has 15 nitrogen and oxygen atoms in total. The maximum Gasteiger partial charge on any atom is 0.329 e. The smallest absolute Gasteiger partial charge is 0.329 e. The van der Waals surface area contributed by atoms with E-state index in [2.05, 4.69) is 24.4 Å². The van der Waals surface area contributed by atoms with Crippen molar-refractivity contribution in [2.24, 2.45) is 15.4 Å². The molecular formula is C11H20ClN9O6S. The molecule has 0 amide bonds. The van der Waals surface area contributed by atoms with Crippen LogP contribution in [-0.2, 0) is 19.7 Å². The van der Waals surface area contributed by atoms with E-state index in [1.807, 2.05) is 0 Å². The zero-order valence-electron chi connectivity index (χ0n) is 14.5. The molecule has 2 aliphatic rings. The summed E-state index contributed by atoms with van der Waals surface area (Å²) in [5.74, 6) is 0. The molecule has 28 heavy (non-hydrogen) atoms. The third kappa shape index (κ3) is 8.26. The Hall–Kier alpha value is -2.13. The minimum absolute atomic E-state index is 0. The van der Waals surface area contributed by atoms with E-state index in [0.29, 0.717) is 23.7 Å². The van der Waals surface area contributed by atoms with Gasteiger partial charge in [0.1, 0.15) is 17.5 Å². The highest BCUT2D eigenvalue weighted by atomic mass is 35.5. The molecule has 3 heterocycles. The summed E-state index contributed by atoms with van der Waals surface area (Å²) in [5.41, 5.74) is 19.3. The van der Waals surface area contributed by atoms with E-state index in [1.165, 1.54) is 12.4 Å². The fourth-order valence-electron chi connectivity index (χ4n) is 1.52. The molecule has 0 atom stereocenters. The van der Waals surface area contributed by atoms with Gasteiger partial charge in [-0.25, -0.2) is 8.96 Å². The van der Waals surface area contributed by atoms with Crippen LogP contribution in [-0.4, -0.2) is 78.3 Å². The Morgan fingerprint density at radius 2 is 1.75 bits per heavy atom. The summed E-state index contributed by atoms with van der Waals surface area (Å²) in [5, 5.41) is 21.3. The summed E-state index contributed by atoms with van der Waals surface area (Å²) >= 11 is 0. The molecule has 2 aliphatic heterocycles. The molecule has 0 radical (unpaired) electrons. The Morgan fingerprint density at radius 1 is 1.18 bits per heavy atom. The van der Waals surface area contributed by atoms with Gasteiger partial charge in [-0.15, -0.1) is 12.4 Å². The minimum atomic E-state index is -3.90. The number of ether oxygens (including phenoxy) is 2. The van der Waals surface area contributed by atoms with Crippen molar-refractivity contribution in [1.29, 1.82) is 0 Å². The highest BCUT2D eigenvalue weighted by Gasteiger charge is 2.35. The van der Waals surface area contributed by atoms with Crippen molar-refractivity contribution in [3.8, 4) is 0 Å². The monoisotopic (exact) mass is 441 g/mol. The average molecular weight is 442 g/mol. The molecule has 2 saturated heterocycles. The van der Waals surface area contributed by atoms with Gasteiger partial charge in [-0.05, 0) is 11.1 Å². The van der Waals surface area contributed by atoms with Crippen LogP contribution in [0.5, 0.6) is 0 Å². The van der Waals surface area contributed by atoms with Crippen LogP contribution in [0.15, 0.2) is 28.4 Å². The van der Waals surface area contributed by atoms with Crippen LogP contribution in [0.1, 0.15) is 0 Å². The van der Waals surface area contributed by atoms with Crippen LogP contribution in [0.25, 0.3) is 20.9 Å². The molecule has 4 N–H and O–H groups in total. The van der Waals surface area contributed by atoms with Gasteiger partial charge in [0.2, 0.25) is 0 Å². The largest absolute Gasteiger partial charge is 0.385 e. The molecule has 3 rings (SSSR count). The number of nitrogens with zero attached hydrogens (tertiary/aromatic N) is 8. The fraction of sp³-hybridized carbons (Fsp3) is 0.727. The molecule has 0 bridgehead atoms. The molecule has 158 valence electrons. The number of nitrogens with two attached hydrogens (primary N) is 1. The number of imidazole rings is 1. The van der Waals surface area contributed by atoms with Gasteiger partial charge in [0, 0.05) is 28.8 Å². The first-order valence-corrected chi connectivity index (χ1v) is 8.71. The predicted molar refractivity (Wildman–Crippen MR) is 97.5 cm³/mol. The molecule has 1 aromatic heterocycles. The Morgan fingerprint density at radius 3 is 2.04 bits per heavy atom. The van der Waals surface area contributed by atoms with Gasteiger partial charge in [-0.3, -0.25) is 0 Å². The second-order valence-corrected chi connectivity index (χ2v) is 7.05. The van der Waals surface area contributed by atoms with Gasteiger partial charge in [-0.2, -0.15) is 8.42 Å². The predicted octanol–water partition coefficient (Wildman–Crippen LogP) is -0.528. The lowest BCUT2D eigenvalue weighted by Crippen LogP contribution is -2.54. The first kappa shape index (κ1) is 25.9. The summed E-state index contributed by atoms with van der Waals surface area (Å²) < 4.78 is 34.3. The van der Waals surface area contributed by atoms with Crippen molar-refractivity contribution in [2.75, 3.05) is 39.5 Å². The minimum Gasteiger partial charge on any atom is -0.385 e. The molecule has 1 aromatic rings. The highest BCUT2D eigenvalue weighted by Crippen LogP contribution is 2.16. The van der Waals surface area contributed by atoms with Gasteiger partial charge in [0.05, 0.1) is 37.5 Å². The normalized spacial score (nSPS) is 17.8. The molecule has 17 heteroatoms. The molecule has 0 saturated carbocycles. The molecule has 2 fully saturated rings. The third-order valence-corrected chi connectivity index (χ3v) is 4.21. The van der Waals surface area contributed by atoms with Crippen molar-refractivity contribution in [2.45, 2.75) is 11.2 Å². The Bertz CT molecular complexity index is 778. The second kappa shape index (κ2) is 11.7. The van der Waals surface area contributed by atoms with Crippen molar-refractivity contribution < 1.29 is 28.1 Å². The van der Waals surface area contributed by atoms with Crippen molar-refractivity contribution in [3.63, 3.8) is 0 Å². The third-order valence-electron chi connectivity index (χ3n) is 3.18. The lowest BCUT2D eigenvalue weighted by Gasteiger charge is -2.34. The number of hydrogen-bond acceptors (Lipinski definition) is 9. The summed E-state index contributed by atoms with van der Waals surface area (Å²) in [6, 6.07) is 0. The van der Waals surface area contributed by atoms with E-state index in [-0.39, 0.29) is 32.2 Å². The van der Waals surface area contributed by atoms with Crippen LogP contribution in [0.4, 0.5) is 0 Å². The van der Waals surface area contributed by atoms with Crippen LogP contribution in [0.3, 0.4) is 0 Å². The van der Waals surface area contributed by atoms with Crippen molar-refractivity contribution in [1.82, 2.24) is 8.96 Å². The average Bonchev–Trinajstić information content (AvgIpc) is 3.13. The molecule has 0 spiro atoms. The number of rotatable bonds is 5. The first-order valence-electron chi connectivity index (χ1n) is 7.31. The van der Waals surface area contributed by atoms with E-state index in [9.17, 15) is 8.42 Å². The molecule has 0 aliphatic carbocycles. The fourth-order valence-corrected chi connectivity index (χ4v) is 2.08. The Labute approximate surface area is 165 Å². The number of azide groups is 2. The van der Waals surface area contributed by atoms with Crippen LogP contribution < -0.4 is 5.73 Å². The molecule has 0 unspecified atom stereocenters. The summed E-state index contributed by atoms with van der Waals surface area (Å²) in [4.78, 5) is 8.14. The number of aromatic nitrogens is 2. The lowest BCUT2D eigenvalue weighted by molar-refractivity contribution is -0.171. The van der Waals surface area contributed by atoms with E-state index < -0.39 is 21.4 Å². The molecule has 0 aromatic carbocycles. The Kier molecular flexibility index (Phi) is 10.8. The maximum atomic E-state index is 10.8. The van der Waals surface area contributed by atoms with Crippen LogP contribution in [0, 0.1) is 0 Å². The Balaban J connectivity index is 0.000000393. The van der Waals surface area contributed by atoms with E-state index in [4.69, 9.17) is 36.5 Å². The van der Waals surface area contributed by atoms with Crippen molar-refractivity contribution >= 4 is 22.6 Å². The number of hydrogen-bond donors (Lipinski definition) is 3. The summed E-state index contributed by atoms with van der Waals surface area (Å²) in [7, 11) is -3.90. The number of aliphatic hydroxyl groups is 2. The van der Waals surface area contributed by atoms with Gasteiger partial charge < -0.3 is 25.4 Å². The van der Waals surface area contributed by atoms with E-state index in [1.54, 1.807) is 0 Å². The van der Waals surface area contributed by atoms with Crippen molar-refractivity contribution in [3.05, 3.63) is 39.6 Å². The van der Waals surface area contributed by atoms with Gasteiger partial charge in [0.15, 0.2) is 0 Å². The molecular weight excluding hydrogens is 422 g/mol. The maximum absolute atomic E-state index is 10.8. The topological polar surface area (TPSA) is 234 Å². The second-order valence-electron chi connectivity index (χ2n) is 5.57. The quantitative estimate of drug-likeness (QED) is 0.304. The van der Waals surface area contributed by atoms with Crippen LogP contribution in [0.2, 0.25) is 0 Å². The van der Waals surface area contributed by atoms with Gasteiger partial charge in [-0.1, -0.05) is 5.11 Å². The van der Waals surface area contributed by atoms with E-state index in [0.717, 1.165) is 6.33 Å². The highest BCUT2D eigenvalue weighted by molar-refractivity contribution is 7.88. The lowest BCUT2D eigenvalue weighted by atomic mass is 10.0. The number of halogens is 1.